The second-order valence-corrected chi connectivity index (χ2v) is 13.1. The van der Waals surface area contributed by atoms with Crippen LogP contribution >= 0.6 is 0 Å². The van der Waals surface area contributed by atoms with Gasteiger partial charge in [0.15, 0.2) is 0 Å². The fraction of sp³-hybridized carbons (Fsp3) is 0.862. The maximum Gasteiger partial charge on any atom is 0.0634 e. The molecule has 0 aromatic heterocycles. The molecule has 0 saturated heterocycles. The quantitative estimate of drug-likeness (QED) is 0.493. The summed E-state index contributed by atoms with van der Waals surface area (Å²) in [6.45, 7) is 11.9. The van der Waals surface area contributed by atoms with Crippen LogP contribution in [0.3, 0.4) is 0 Å². The molecule has 31 heavy (non-hydrogen) atoms. The van der Waals surface area contributed by atoms with E-state index in [9.17, 15) is 10.2 Å². The van der Waals surface area contributed by atoms with Crippen LogP contribution in [0.2, 0.25) is 0 Å². The Morgan fingerprint density at radius 1 is 1.10 bits per heavy atom. The van der Waals surface area contributed by atoms with Gasteiger partial charge in [-0.1, -0.05) is 44.1 Å². The highest BCUT2D eigenvalue weighted by Crippen LogP contribution is 2.72. The van der Waals surface area contributed by atoms with Crippen LogP contribution in [0.15, 0.2) is 23.3 Å². The molecule has 0 heterocycles. The third kappa shape index (κ3) is 3.17. The first-order chi connectivity index (χ1) is 14.6. The van der Waals surface area contributed by atoms with Crippen molar-refractivity contribution in [3.63, 3.8) is 0 Å². The first-order valence-electron chi connectivity index (χ1n) is 13.3. The third-order valence-electron chi connectivity index (χ3n) is 11.3. The molecule has 2 N–H and O–H groups in total. The van der Waals surface area contributed by atoms with Gasteiger partial charge in [-0.2, -0.15) is 0 Å². The van der Waals surface area contributed by atoms with E-state index in [1.54, 1.807) is 5.57 Å². The van der Waals surface area contributed by atoms with Crippen LogP contribution in [0.25, 0.3) is 0 Å². The molecule has 0 radical (unpaired) electrons. The first kappa shape index (κ1) is 22.2. The van der Waals surface area contributed by atoms with Crippen LogP contribution in [0.5, 0.6) is 0 Å². The molecule has 0 aromatic carbocycles. The Morgan fingerprint density at radius 2 is 1.84 bits per heavy atom. The van der Waals surface area contributed by atoms with Gasteiger partial charge in [0.2, 0.25) is 0 Å². The largest absolute Gasteiger partial charge is 0.393 e. The SMILES string of the molecule is CC(C)=CCC[C@@H](C)[C@H]1[C@H](O)C[C@H]2[C@@H]3CC=C4C5(CC5)[C@H](O)CC[C@]4(C)[C@H]3CC[C@]12C. The van der Waals surface area contributed by atoms with Crippen molar-refractivity contribution in [2.45, 2.75) is 111 Å². The van der Waals surface area contributed by atoms with E-state index in [1.807, 2.05) is 0 Å². The Morgan fingerprint density at radius 3 is 2.52 bits per heavy atom. The maximum atomic E-state index is 11.3. The van der Waals surface area contributed by atoms with Gasteiger partial charge < -0.3 is 10.2 Å². The number of hydrogen-bond acceptors (Lipinski definition) is 2. The summed E-state index contributed by atoms with van der Waals surface area (Å²) in [6.07, 6.45) is 16.5. The number of aliphatic hydroxyl groups excluding tert-OH is 2. The van der Waals surface area contributed by atoms with Crippen molar-refractivity contribution in [3.8, 4) is 0 Å². The molecule has 174 valence electrons. The van der Waals surface area contributed by atoms with Crippen molar-refractivity contribution in [2.75, 3.05) is 0 Å². The van der Waals surface area contributed by atoms with Gasteiger partial charge in [0.05, 0.1) is 12.2 Å². The summed E-state index contributed by atoms with van der Waals surface area (Å²) in [4.78, 5) is 0. The Bertz CT molecular complexity index is 772. The van der Waals surface area contributed by atoms with Crippen LogP contribution in [0.4, 0.5) is 0 Å². The highest BCUT2D eigenvalue weighted by molar-refractivity contribution is 5.36. The molecule has 4 fully saturated rings. The van der Waals surface area contributed by atoms with Gasteiger partial charge in [0, 0.05) is 5.41 Å². The second-order valence-electron chi connectivity index (χ2n) is 13.1. The normalized spacial score (nSPS) is 48.3. The fourth-order valence-electron chi connectivity index (χ4n) is 9.71. The predicted octanol–water partition coefficient (Wildman–Crippen LogP) is 6.67. The van der Waals surface area contributed by atoms with Crippen LogP contribution in [0.1, 0.15) is 98.8 Å². The first-order valence-corrected chi connectivity index (χ1v) is 13.3. The van der Waals surface area contributed by atoms with Gasteiger partial charge >= 0.3 is 0 Å². The van der Waals surface area contributed by atoms with Crippen LogP contribution in [-0.2, 0) is 0 Å². The molecule has 0 aliphatic heterocycles. The maximum absolute atomic E-state index is 11.3. The molecule has 5 aliphatic rings. The van der Waals surface area contributed by atoms with Crippen molar-refractivity contribution in [1.82, 2.24) is 0 Å². The second kappa shape index (κ2) is 7.45. The molecule has 0 aromatic rings. The van der Waals surface area contributed by atoms with Gasteiger partial charge in [0.25, 0.3) is 0 Å². The lowest BCUT2D eigenvalue weighted by Crippen LogP contribution is -2.53. The topological polar surface area (TPSA) is 40.5 Å². The zero-order chi connectivity index (χ0) is 22.2. The van der Waals surface area contributed by atoms with Crippen molar-refractivity contribution in [3.05, 3.63) is 23.3 Å². The summed E-state index contributed by atoms with van der Waals surface area (Å²) in [5.74, 6) is 3.17. The lowest BCUT2D eigenvalue weighted by atomic mass is 9.45. The number of fused-ring (bicyclic) bond motifs is 6. The molecule has 0 unspecified atom stereocenters. The molecule has 5 rings (SSSR count). The summed E-state index contributed by atoms with van der Waals surface area (Å²) in [6, 6.07) is 0. The predicted molar refractivity (Wildman–Crippen MR) is 127 cm³/mol. The minimum absolute atomic E-state index is 0.100. The van der Waals surface area contributed by atoms with Crippen molar-refractivity contribution in [2.24, 2.45) is 45.8 Å². The summed E-state index contributed by atoms with van der Waals surface area (Å²) < 4.78 is 0. The van der Waals surface area contributed by atoms with Crippen LogP contribution in [-0.4, -0.2) is 22.4 Å². The number of allylic oxidation sites excluding steroid dienone is 3. The van der Waals surface area contributed by atoms with Crippen LogP contribution in [0, 0.1) is 45.8 Å². The molecule has 0 amide bonds. The van der Waals surface area contributed by atoms with Gasteiger partial charge in [-0.3, -0.25) is 0 Å². The average molecular weight is 427 g/mol. The molecule has 4 saturated carbocycles. The monoisotopic (exact) mass is 426 g/mol. The Labute approximate surface area is 190 Å². The van der Waals surface area contributed by atoms with E-state index in [0.717, 1.165) is 37.5 Å². The van der Waals surface area contributed by atoms with Gasteiger partial charge in [-0.15, -0.1) is 0 Å². The Hall–Kier alpha value is -0.600. The molecular weight excluding hydrogens is 380 g/mol. The zero-order valence-electron chi connectivity index (χ0n) is 20.7. The van der Waals surface area contributed by atoms with Crippen molar-refractivity contribution >= 4 is 0 Å². The van der Waals surface area contributed by atoms with Gasteiger partial charge in [0.1, 0.15) is 0 Å². The summed E-state index contributed by atoms with van der Waals surface area (Å²) in [5.41, 5.74) is 3.79. The van der Waals surface area contributed by atoms with E-state index in [4.69, 9.17) is 0 Å². The lowest BCUT2D eigenvalue weighted by Gasteiger charge is -2.60. The van der Waals surface area contributed by atoms with E-state index in [1.165, 1.54) is 44.1 Å². The molecule has 5 aliphatic carbocycles. The van der Waals surface area contributed by atoms with Crippen LogP contribution < -0.4 is 0 Å². The van der Waals surface area contributed by atoms with E-state index < -0.39 is 0 Å². The zero-order valence-corrected chi connectivity index (χ0v) is 20.7. The highest BCUT2D eigenvalue weighted by Gasteiger charge is 2.66. The summed E-state index contributed by atoms with van der Waals surface area (Å²) in [5, 5.41) is 22.1. The van der Waals surface area contributed by atoms with E-state index in [-0.39, 0.29) is 28.5 Å². The smallest absolute Gasteiger partial charge is 0.0634 e. The summed E-state index contributed by atoms with van der Waals surface area (Å²) in [7, 11) is 0. The third-order valence-corrected chi connectivity index (χ3v) is 11.3. The van der Waals surface area contributed by atoms with Crippen molar-refractivity contribution < 1.29 is 10.2 Å². The molecular formula is C29H46O2. The lowest BCUT2D eigenvalue weighted by molar-refractivity contribution is -0.0721. The Balaban J connectivity index is 1.40. The van der Waals surface area contributed by atoms with E-state index in [2.05, 4.69) is 46.8 Å². The standard InChI is InChI=1S/C29H46O2/c1-18(2)7-6-8-19(3)26-23(30)17-22-20-9-10-24-27(4,21(20)11-13-28(22,26)5)14-12-25(31)29(24)15-16-29/h7,10,19-23,25-26,30-31H,6,8-9,11-17H2,1-5H3/t19-,20-,21+,22+,23-,25-,26+,27-,28+/m1/s1. The summed E-state index contributed by atoms with van der Waals surface area (Å²) >= 11 is 0. The van der Waals surface area contributed by atoms with Gasteiger partial charge in [-0.05, 0) is 118 Å². The highest BCUT2D eigenvalue weighted by atomic mass is 16.3. The Kier molecular flexibility index (Phi) is 5.34. The van der Waals surface area contributed by atoms with E-state index >= 15 is 0 Å². The number of rotatable bonds is 4. The minimum Gasteiger partial charge on any atom is -0.393 e. The average Bonchev–Trinajstić information content (AvgIpc) is 3.43. The molecule has 2 nitrogen and oxygen atoms in total. The molecule has 9 atom stereocenters. The van der Waals surface area contributed by atoms with Crippen molar-refractivity contribution in [1.29, 1.82) is 0 Å². The number of aliphatic hydroxyl groups is 2. The van der Waals surface area contributed by atoms with Gasteiger partial charge in [-0.25, -0.2) is 0 Å². The molecule has 0 bridgehead atoms. The fourth-order valence-corrected chi connectivity index (χ4v) is 9.71. The minimum atomic E-state index is -0.128. The molecule has 2 heteroatoms. The molecule has 1 spiro atoms. The number of hydrogen-bond donors (Lipinski definition) is 2. The van der Waals surface area contributed by atoms with E-state index in [0.29, 0.717) is 17.8 Å².